The highest BCUT2D eigenvalue weighted by Crippen LogP contribution is 2.38. The van der Waals surface area contributed by atoms with Crippen molar-refractivity contribution in [2.75, 3.05) is 71.6 Å². The van der Waals surface area contributed by atoms with Crippen LogP contribution >= 0.6 is 0 Å². The first-order valence-corrected chi connectivity index (χ1v) is 15.8. The zero-order valence-corrected chi connectivity index (χ0v) is 23.3. The van der Waals surface area contributed by atoms with E-state index < -0.39 is 10.0 Å². The third-order valence-electron chi connectivity index (χ3n) is 7.90. The number of fused-ring (bicyclic) bond motifs is 2. The molecule has 1 unspecified atom stereocenters. The summed E-state index contributed by atoms with van der Waals surface area (Å²) in [4.78, 5) is 21.1. The van der Waals surface area contributed by atoms with Crippen molar-refractivity contribution in [1.82, 2.24) is 24.6 Å². The third kappa shape index (κ3) is 4.77. The van der Waals surface area contributed by atoms with Crippen LogP contribution in [0.15, 0.2) is 36.4 Å². The van der Waals surface area contributed by atoms with E-state index in [1.165, 1.54) is 6.42 Å². The maximum Gasteiger partial charge on any atom is 0.239 e. The highest BCUT2D eigenvalue weighted by Gasteiger charge is 2.31. The van der Waals surface area contributed by atoms with E-state index in [0.29, 0.717) is 24.5 Å². The molecule has 3 aliphatic rings. The van der Waals surface area contributed by atoms with Crippen LogP contribution in [-0.4, -0.2) is 85.2 Å². The van der Waals surface area contributed by atoms with E-state index in [1.54, 1.807) is 0 Å². The Labute approximate surface area is 233 Å². The predicted octanol–water partition coefficient (Wildman–Crippen LogP) is 2.82. The highest BCUT2D eigenvalue weighted by molar-refractivity contribution is 7.92. The number of hydrogen-bond donors (Lipinski definition) is 1. The quantitative estimate of drug-likeness (QED) is 0.375. The Morgan fingerprint density at radius 3 is 2.52 bits per heavy atom. The lowest BCUT2D eigenvalue weighted by molar-refractivity contribution is 0.122. The molecule has 0 spiro atoms. The molecule has 3 aromatic heterocycles. The van der Waals surface area contributed by atoms with Gasteiger partial charge in [-0.25, -0.2) is 18.4 Å². The number of ether oxygens (including phenoxy) is 1. The lowest BCUT2D eigenvalue weighted by Crippen LogP contribution is -2.40. The van der Waals surface area contributed by atoms with Crippen molar-refractivity contribution in [2.45, 2.75) is 31.7 Å². The van der Waals surface area contributed by atoms with Gasteiger partial charge in [-0.05, 0) is 37.8 Å². The highest BCUT2D eigenvalue weighted by atomic mass is 32.2. The molecular formula is C27H33N9O3S. The molecule has 0 radical (unpaired) electrons. The maximum absolute atomic E-state index is 12.0. The van der Waals surface area contributed by atoms with Crippen LogP contribution in [0.4, 0.5) is 23.4 Å². The molecule has 0 saturated carbocycles. The molecule has 40 heavy (non-hydrogen) atoms. The van der Waals surface area contributed by atoms with Gasteiger partial charge in [0.1, 0.15) is 17.5 Å². The van der Waals surface area contributed by atoms with E-state index in [1.807, 2.05) is 28.8 Å². The second-order valence-corrected chi connectivity index (χ2v) is 12.5. The van der Waals surface area contributed by atoms with Crippen molar-refractivity contribution in [3.8, 4) is 0 Å². The number of rotatable bonds is 6. The first-order chi connectivity index (χ1) is 19.4. The number of morpholine rings is 1. The first kappa shape index (κ1) is 25.3. The number of piperidine rings is 1. The minimum Gasteiger partial charge on any atom is -0.378 e. The average molecular weight is 564 g/mol. The fourth-order valence-electron chi connectivity index (χ4n) is 5.83. The topological polar surface area (TPSA) is 121 Å². The normalized spacial score (nSPS) is 20.2. The molecule has 210 valence electrons. The Morgan fingerprint density at radius 1 is 0.925 bits per heavy atom. The Kier molecular flexibility index (Phi) is 6.34. The zero-order valence-electron chi connectivity index (χ0n) is 22.5. The van der Waals surface area contributed by atoms with Crippen LogP contribution in [0.1, 0.15) is 37.4 Å². The molecule has 4 aromatic rings. The van der Waals surface area contributed by atoms with Crippen molar-refractivity contribution in [3.63, 3.8) is 0 Å². The van der Waals surface area contributed by atoms with E-state index in [-0.39, 0.29) is 12.0 Å². The van der Waals surface area contributed by atoms with Crippen molar-refractivity contribution in [3.05, 3.63) is 42.1 Å². The summed E-state index contributed by atoms with van der Waals surface area (Å²) in [7, 11) is -3.54. The smallest absolute Gasteiger partial charge is 0.239 e. The largest absolute Gasteiger partial charge is 0.378 e. The van der Waals surface area contributed by atoms with E-state index >= 15 is 0 Å². The van der Waals surface area contributed by atoms with Gasteiger partial charge in [0, 0.05) is 50.2 Å². The molecule has 3 fully saturated rings. The number of anilines is 4. The van der Waals surface area contributed by atoms with Crippen LogP contribution in [0.2, 0.25) is 0 Å². The lowest BCUT2D eigenvalue weighted by Gasteiger charge is -2.36. The number of sulfonamides is 1. The van der Waals surface area contributed by atoms with Crippen LogP contribution in [0.25, 0.3) is 16.6 Å². The van der Waals surface area contributed by atoms with Crippen LogP contribution in [0.3, 0.4) is 0 Å². The molecule has 1 atom stereocenters. The van der Waals surface area contributed by atoms with E-state index in [2.05, 4.69) is 36.5 Å². The molecule has 7 rings (SSSR count). The van der Waals surface area contributed by atoms with E-state index in [4.69, 9.17) is 19.8 Å². The monoisotopic (exact) mass is 563 g/mol. The van der Waals surface area contributed by atoms with Crippen molar-refractivity contribution >= 4 is 50.0 Å². The number of hydrogen-bond acceptors (Lipinski definition) is 10. The maximum atomic E-state index is 12.0. The number of benzene rings is 1. The lowest BCUT2D eigenvalue weighted by atomic mass is 9.99. The van der Waals surface area contributed by atoms with Gasteiger partial charge in [0.15, 0.2) is 5.65 Å². The molecule has 0 bridgehead atoms. The molecule has 1 N–H and O–H groups in total. The van der Waals surface area contributed by atoms with Gasteiger partial charge in [0.25, 0.3) is 0 Å². The number of nitrogens with one attached hydrogen (secondary N) is 1. The second kappa shape index (κ2) is 10.0. The summed E-state index contributed by atoms with van der Waals surface area (Å²) < 4.78 is 34.1. The van der Waals surface area contributed by atoms with Crippen LogP contribution < -0.4 is 19.4 Å². The first-order valence-electron chi connectivity index (χ1n) is 13.9. The summed E-state index contributed by atoms with van der Waals surface area (Å²) in [5.74, 6) is 2.81. The molecule has 13 heteroatoms. The van der Waals surface area contributed by atoms with E-state index in [0.717, 1.165) is 86.6 Å². The molecule has 0 aliphatic carbocycles. The molecule has 3 saturated heterocycles. The molecule has 6 heterocycles. The van der Waals surface area contributed by atoms with Gasteiger partial charge < -0.3 is 19.4 Å². The number of para-hydroxylation sites is 1. The van der Waals surface area contributed by atoms with Gasteiger partial charge in [-0.3, -0.25) is 4.72 Å². The van der Waals surface area contributed by atoms with Gasteiger partial charge in [-0.2, -0.15) is 14.6 Å². The van der Waals surface area contributed by atoms with E-state index in [9.17, 15) is 8.42 Å². The van der Waals surface area contributed by atoms with Gasteiger partial charge in [0.05, 0.1) is 36.7 Å². The standard InChI is InChI=1S/C27H33N9O3S/c1-40(37,38)32-27-28-20-8-3-2-7-19(20)26(30-27)35-12-5-4-9-22(35)21-17-24-29-23(33-10-6-11-33)18-25(36(24)31-21)34-13-15-39-16-14-34/h2-3,7-8,17-18,22H,4-6,9-16H2,1H3,(H,28,30,32). The Morgan fingerprint density at radius 2 is 1.75 bits per heavy atom. The Balaban J connectivity index is 1.33. The minimum atomic E-state index is -3.54. The fourth-order valence-corrected chi connectivity index (χ4v) is 6.26. The van der Waals surface area contributed by atoms with Gasteiger partial charge >= 0.3 is 0 Å². The fraction of sp³-hybridized carbons (Fsp3) is 0.481. The summed E-state index contributed by atoms with van der Waals surface area (Å²) in [5, 5.41) is 6.03. The van der Waals surface area contributed by atoms with Crippen molar-refractivity contribution < 1.29 is 13.2 Å². The summed E-state index contributed by atoms with van der Waals surface area (Å²) in [6.45, 7) is 5.83. The third-order valence-corrected chi connectivity index (χ3v) is 8.46. The van der Waals surface area contributed by atoms with Gasteiger partial charge in [-0.15, -0.1) is 0 Å². The summed E-state index contributed by atoms with van der Waals surface area (Å²) in [6, 6.07) is 12.0. The molecule has 3 aliphatic heterocycles. The Bertz CT molecular complexity index is 1660. The van der Waals surface area contributed by atoms with Gasteiger partial charge in [0.2, 0.25) is 16.0 Å². The predicted molar refractivity (Wildman–Crippen MR) is 155 cm³/mol. The second-order valence-electron chi connectivity index (χ2n) is 10.7. The summed E-state index contributed by atoms with van der Waals surface area (Å²) in [5.41, 5.74) is 2.45. The SMILES string of the molecule is CS(=O)(=O)Nc1nc(N2CCCCC2c2cc3nc(N4CCC4)cc(N4CCOCC4)n3n2)c2ccccc2n1. The van der Waals surface area contributed by atoms with Crippen molar-refractivity contribution in [2.24, 2.45) is 0 Å². The molecular weight excluding hydrogens is 530 g/mol. The molecule has 0 amide bonds. The zero-order chi connectivity index (χ0) is 27.3. The van der Waals surface area contributed by atoms with Gasteiger partial charge in [-0.1, -0.05) is 12.1 Å². The van der Waals surface area contributed by atoms with Crippen LogP contribution in [0.5, 0.6) is 0 Å². The van der Waals surface area contributed by atoms with Crippen LogP contribution in [0, 0.1) is 0 Å². The summed E-state index contributed by atoms with van der Waals surface area (Å²) >= 11 is 0. The molecule has 12 nitrogen and oxygen atoms in total. The average Bonchev–Trinajstić information content (AvgIpc) is 3.35. The summed E-state index contributed by atoms with van der Waals surface area (Å²) in [6.07, 6.45) is 5.27. The van der Waals surface area contributed by atoms with Crippen LogP contribution in [-0.2, 0) is 14.8 Å². The number of nitrogens with zero attached hydrogens (tertiary/aromatic N) is 8. The number of aromatic nitrogens is 5. The molecule has 1 aromatic carbocycles. The van der Waals surface area contributed by atoms with Crippen molar-refractivity contribution in [1.29, 1.82) is 0 Å². The minimum absolute atomic E-state index is 0.0372. The Hall–Kier alpha value is -3.71.